The predicted octanol–water partition coefficient (Wildman–Crippen LogP) is 6.91. The topological polar surface area (TPSA) is 244 Å². The fourth-order valence-electron chi connectivity index (χ4n) is 6.76. The number of anilines is 1. The first-order chi connectivity index (χ1) is 33.2. The minimum Gasteiger partial charge on any atom is -0.470 e. The van der Waals surface area contributed by atoms with Crippen LogP contribution in [0.5, 0.6) is 5.88 Å². The summed E-state index contributed by atoms with van der Waals surface area (Å²) in [7, 11) is 0. The summed E-state index contributed by atoms with van der Waals surface area (Å²) in [5.41, 5.74) is -0.337. The first-order valence-electron chi connectivity index (χ1n) is 25.2. The number of carbonyl (C=O) groups excluding carboxylic acids is 7. The third-order valence-corrected chi connectivity index (χ3v) is 11.6. The molecule has 1 fully saturated rings. The van der Waals surface area contributed by atoms with Crippen LogP contribution < -0.4 is 15.0 Å². The summed E-state index contributed by atoms with van der Waals surface area (Å²) >= 11 is 0.987. The SMILES string of the molecule is CCCCCCCCCCCCCCCCCC(=O)O[C@@H](C)C(=O)O[C@@H](C)C(=O)O[C@@H](C)C(=O)O[C@@H](C)C(=O)O[C@@H](C)C(=O)O[C@@H](C)C(=O)O[C@@H](CNC(C)(C)C)COc1nsnc1N1CCOCC1. The smallest absolute Gasteiger partial charge is 0.347 e. The lowest BCUT2D eigenvalue weighted by atomic mass is 10.0. The molecule has 21 heteroatoms. The molecule has 0 radical (unpaired) electrons. The fourth-order valence-corrected chi connectivity index (χ4v) is 7.28. The molecule has 0 unspecified atom stereocenters. The van der Waals surface area contributed by atoms with Gasteiger partial charge in [0.1, 0.15) is 12.7 Å². The molecule has 7 atom stereocenters. The van der Waals surface area contributed by atoms with E-state index < -0.39 is 84.5 Å². The second-order valence-corrected chi connectivity index (χ2v) is 19.2. The number of nitrogens with one attached hydrogen (secondary N) is 1. The van der Waals surface area contributed by atoms with Gasteiger partial charge in [0.05, 0.1) is 24.9 Å². The maximum absolute atomic E-state index is 13.1. The van der Waals surface area contributed by atoms with Crippen molar-refractivity contribution in [3.63, 3.8) is 0 Å². The number of carbonyl (C=O) groups is 7. The van der Waals surface area contributed by atoms with E-state index in [-0.39, 0.29) is 31.0 Å². The maximum Gasteiger partial charge on any atom is 0.347 e. The minimum absolute atomic E-state index is 0.0926. The monoisotopic (exact) mass is 1010 g/mol. The molecule has 0 saturated carbocycles. The van der Waals surface area contributed by atoms with Crippen LogP contribution in [0.15, 0.2) is 0 Å². The quantitative estimate of drug-likeness (QED) is 0.0413. The normalized spacial score (nSPS) is 15.8. The molecule has 1 aromatic rings. The number of rotatable bonds is 35. The molecule has 1 aliphatic heterocycles. The van der Waals surface area contributed by atoms with Gasteiger partial charge in [-0.1, -0.05) is 96.8 Å². The van der Waals surface area contributed by atoms with Crippen molar-refractivity contribution < 1.29 is 76.2 Å². The zero-order valence-electron chi connectivity index (χ0n) is 43.4. The van der Waals surface area contributed by atoms with Crippen LogP contribution in [-0.2, 0) is 71.5 Å². The molecular formula is C49H82N4O16S. The van der Waals surface area contributed by atoms with E-state index in [1.807, 2.05) is 25.7 Å². The lowest BCUT2D eigenvalue weighted by molar-refractivity contribution is -0.188. The van der Waals surface area contributed by atoms with Crippen molar-refractivity contribution in [2.45, 2.75) is 220 Å². The molecule has 20 nitrogen and oxygen atoms in total. The van der Waals surface area contributed by atoms with Crippen LogP contribution in [0.2, 0.25) is 0 Å². The van der Waals surface area contributed by atoms with Gasteiger partial charge in [-0.3, -0.25) is 4.79 Å². The van der Waals surface area contributed by atoms with Crippen molar-refractivity contribution >= 4 is 59.3 Å². The highest BCUT2D eigenvalue weighted by Gasteiger charge is 2.33. The summed E-state index contributed by atoms with van der Waals surface area (Å²) in [5.74, 6) is -6.06. The molecular weight excluding hydrogens is 933 g/mol. The Morgan fingerprint density at radius 1 is 0.557 bits per heavy atom. The molecule has 2 heterocycles. The molecule has 0 amide bonds. The van der Waals surface area contributed by atoms with Gasteiger partial charge in [0.25, 0.3) is 5.88 Å². The summed E-state index contributed by atoms with van der Waals surface area (Å²) in [6.07, 6.45) is 8.42. The summed E-state index contributed by atoms with van der Waals surface area (Å²) in [4.78, 5) is 91.0. The molecule has 0 aromatic carbocycles. The van der Waals surface area contributed by atoms with Gasteiger partial charge in [-0.25, -0.2) is 28.8 Å². The summed E-state index contributed by atoms with van der Waals surface area (Å²) in [6.45, 7) is 17.8. The highest BCUT2D eigenvalue weighted by Crippen LogP contribution is 2.27. The summed E-state index contributed by atoms with van der Waals surface area (Å²) in [6, 6.07) is 0. The Kier molecular flexibility index (Phi) is 29.7. The zero-order chi connectivity index (χ0) is 52.1. The average Bonchev–Trinajstić information content (AvgIpc) is 3.79. The summed E-state index contributed by atoms with van der Waals surface area (Å²) < 4.78 is 56.4. The van der Waals surface area contributed by atoms with Crippen LogP contribution in [0.25, 0.3) is 0 Å². The lowest BCUT2D eigenvalue weighted by Crippen LogP contribution is -2.45. The standard InChI is InChI=1S/C49H82N4O16S/c1-11-12-13-14-15-16-17-18-19-20-21-22-23-24-25-26-40(54)63-33(2)43(55)64-34(3)44(56)65-35(4)45(57)66-36(5)46(58)67-37(6)47(59)68-38(7)48(60)69-39(31-50-49(8,9)10)32-62-42-41(51-70-52-42)53-27-29-61-30-28-53/h33-39,50H,11-32H2,1-10H3/t33-,34-,35-,36-,37-,38-,39-/m0/s1. The zero-order valence-corrected chi connectivity index (χ0v) is 44.2. The molecule has 1 saturated heterocycles. The highest BCUT2D eigenvalue weighted by atomic mass is 32.1. The van der Waals surface area contributed by atoms with Gasteiger partial charge < -0.3 is 52.8 Å². The second kappa shape index (κ2) is 33.9. The van der Waals surface area contributed by atoms with Gasteiger partial charge in [0.15, 0.2) is 36.6 Å². The van der Waals surface area contributed by atoms with E-state index in [0.29, 0.717) is 38.5 Å². The van der Waals surface area contributed by atoms with Crippen LogP contribution >= 0.6 is 11.7 Å². The Morgan fingerprint density at radius 2 is 0.929 bits per heavy atom. The van der Waals surface area contributed by atoms with Crippen LogP contribution in [0.1, 0.15) is 172 Å². The van der Waals surface area contributed by atoms with E-state index in [2.05, 4.69) is 21.0 Å². The molecule has 0 aliphatic carbocycles. The van der Waals surface area contributed by atoms with E-state index in [0.717, 1.165) is 31.0 Å². The Bertz CT molecular complexity index is 1730. The summed E-state index contributed by atoms with van der Waals surface area (Å²) in [5, 5.41) is 3.26. The third kappa shape index (κ3) is 26.0. The van der Waals surface area contributed by atoms with Crippen molar-refractivity contribution in [2.75, 3.05) is 44.4 Å². The highest BCUT2D eigenvalue weighted by molar-refractivity contribution is 6.99. The van der Waals surface area contributed by atoms with Crippen LogP contribution in [-0.4, -0.2) is 138 Å². The van der Waals surface area contributed by atoms with E-state index >= 15 is 0 Å². The van der Waals surface area contributed by atoms with E-state index in [1.165, 1.54) is 112 Å². The van der Waals surface area contributed by atoms with Crippen molar-refractivity contribution in [3.8, 4) is 5.88 Å². The van der Waals surface area contributed by atoms with E-state index in [4.69, 9.17) is 42.6 Å². The number of aromatic nitrogens is 2. The lowest BCUT2D eigenvalue weighted by Gasteiger charge is -2.28. The number of nitrogens with zero attached hydrogens (tertiary/aromatic N) is 3. The largest absolute Gasteiger partial charge is 0.470 e. The van der Waals surface area contributed by atoms with E-state index in [9.17, 15) is 33.6 Å². The third-order valence-electron chi connectivity index (χ3n) is 11.1. The van der Waals surface area contributed by atoms with Crippen molar-refractivity contribution in [2.24, 2.45) is 0 Å². The van der Waals surface area contributed by atoms with E-state index in [1.54, 1.807) is 0 Å². The Hall–Kier alpha value is -4.63. The predicted molar refractivity (Wildman–Crippen MR) is 259 cm³/mol. The molecule has 70 heavy (non-hydrogen) atoms. The van der Waals surface area contributed by atoms with Crippen molar-refractivity contribution in [3.05, 3.63) is 0 Å². The molecule has 400 valence electrons. The maximum atomic E-state index is 13.1. The molecule has 1 N–H and O–H groups in total. The van der Waals surface area contributed by atoms with Gasteiger partial charge in [-0.2, -0.15) is 4.37 Å². The second-order valence-electron chi connectivity index (χ2n) is 18.7. The number of ether oxygens (including phenoxy) is 9. The Labute approximate surface area is 418 Å². The van der Waals surface area contributed by atoms with Gasteiger partial charge in [0, 0.05) is 31.6 Å². The Morgan fingerprint density at radius 3 is 1.33 bits per heavy atom. The first-order valence-corrected chi connectivity index (χ1v) is 25.9. The van der Waals surface area contributed by atoms with Crippen LogP contribution in [0.3, 0.4) is 0 Å². The fraction of sp³-hybridized carbons (Fsp3) is 0.816. The van der Waals surface area contributed by atoms with Crippen LogP contribution in [0.4, 0.5) is 5.82 Å². The first kappa shape index (κ1) is 61.5. The average molecular weight is 1020 g/mol. The minimum atomic E-state index is -1.57. The van der Waals surface area contributed by atoms with Gasteiger partial charge in [0.2, 0.25) is 5.82 Å². The van der Waals surface area contributed by atoms with Crippen LogP contribution in [0, 0.1) is 0 Å². The number of hydrogen-bond donors (Lipinski definition) is 1. The Balaban J connectivity index is 1.69. The molecule has 1 aromatic heterocycles. The number of esters is 7. The van der Waals surface area contributed by atoms with Gasteiger partial charge >= 0.3 is 41.8 Å². The number of unbranched alkanes of at least 4 members (excludes halogenated alkanes) is 14. The number of hydrogen-bond acceptors (Lipinski definition) is 21. The molecule has 1 aliphatic rings. The van der Waals surface area contributed by atoms with Gasteiger partial charge in [-0.05, 0) is 68.7 Å². The molecule has 0 bridgehead atoms. The molecule has 2 rings (SSSR count). The van der Waals surface area contributed by atoms with Crippen molar-refractivity contribution in [1.29, 1.82) is 0 Å². The van der Waals surface area contributed by atoms with Gasteiger partial charge in [-0.15, -0.1) is 4.37 Å². The number of morpholine rings is 1. The molecule has 0 spiro atoms. The van der Waals surface area contributed by atoms with Crippen molar-refractivity contribution in [1.82, 2.24) is 14.1 Å².